The first-order valence-electron chi connectivity index (χ1n) is 7.85. The number of ether oxygens (including phenoxy) is 1. The van der Waals surface area contributed by atoms with Crippen molar-refractivity contribution in [1.82, 2.24) is 10.2 Å². The van der Waals surface area contributed by atoms with E-state index in [0.717, 1.165) is 19.1 Å². The van der Waals surface area contributed by atoms with Crippen molar-refractivity contribution in [3.05, 3.63) is 0 Å². The number of likely N-dealkylation sites (tertiary alicyclic amines) is 1. The molecule has 0 aromatic heterocycles. The minimum Gasteiger partial charge on any atom is -0.381 e. The lowest BCUT2D eigenvalue weighted by atomic mass is 9.90. The Labute approximate surface area is 112 Å². The first-order valence-corrected chi connectivity index (χ1v) is 7.85. The number of nitrogens with zero attached hydrogens (tertiary/aromatic N) is 1. The monoisotopic (exact) mass is 254 g/mol. The molecule has 0 aromatic carbocycles. The third kappa shape index (κ3) is 4.22. The second-order valence-corrected chi connectivity index (χ2v) is 6.04. The molecular formula is C15H30N2O. The molecule has 2 aliphatic rings. The van der Waals surface area contributed by atoms with Gasteiger partial charge in [0.15, 0.2) is 0 Å². The molecule has 2 aliphatic heterocycles. The quantitative estimate of drug-likeness (QED) is 0.814. The van der Waals surface area contributed by atoms with Crippen LogP contribution in [0.15, 0.2) is 0 Å². The molecular weight excluding hydrogens is 224 g/mol. The molecule has 2 atom stereocenters. The van der Waals surface area contributed by atoms with E-state index in [1.54, 1.807) is 0 Å². The average Bonchev–Trinajstić information content (AvgIpc) is 2.40. The summed E-state index contributed by atoms with van der Waals surface area (Å²) >= 11 is 0. The molecule has 2 rings (SSSR count). The van der Waals surface area contributed by atoms with Gasteiger partial charge in [0.05, 0.1) is 0 Å². The van der Waals surface area contributed by atoms with Crippen molar-refractivity contribution >= 4 is 0 Å². The van der Waals surface area contributed by atoms with E-state index in [0.29, 0.717) is 12.1 Å². The van der Waals surface area contributed by atoms with Crippen LogP contribution in [0.2, 0.25) is 0 Å². The molecule has 3 nitrogen and oxygen atoms in total. The van der Waals surface area contributed by atoms with Crippen LogP contribution in [0.1, 0.15) is 46.0 Å². The minimum absolute atomic E-state index is 0.660. The second-order valence-electron chi connectivity index (χ2n) is 6.04. The van der Waals surface area contributed by atoms with Gasteiger partial charge < -0.3 is 15.0 Å². The number of rotatable bonds is 5. The van der Waals surface area contributed by atoms with Crippen LogP contribution in [0.5, 0.6) is 0 Å². The smallest absolute Gasteiger partial charge is 0.0480 e. The van der Waals surface area contributed by atoms with E-state index in [2.05, 4.69) is 24.1 Å². The maximum atomic E-state index is 5.43. The topological polar surface area (TPSA) is 24.5 Å². The highest BCUT2D eigenvalue weighted by Gasteiger charge is 2.26. The zero-order chi connectivity index (χ0) is 12.8. The molecule has 0 radical (unpaired) electrons. The van der Waals surface area contributed by atoms with Crippen LogP contribution in [0.3, 0.4) is 0 Å². The Hall–Kier alpha value is -0.120. The molecule has 2 saturated heterocycles. The minimum atomic E-state index is 0.660. The van der Waals surface area contributed by atoms with Gasteiger partial charge in [-0.3, -0.25) is 0 Å². The number of nitrogens with one attached hydrogen (secondary N) is 1. The van der Waals surface area contributed by atoms with Crippen LogP contribution in [0.4, 0.5) is 0 Å². The summed E-state index contributed by atoms with van der Waals surface area (Å²) in [5.41, 5.74) is 0. The highest BCUT2D eigenvalue weighted by Crippen LogP contribution is 2.21. The van der Waals surface area contributed by atoms with Crippen molar-refractivity contribution < 1.29 is 4.74 Å². The Morgan fingerprint density at radius 1 is 1.28 bits per heavy atom. The molecule has 0 saturated carbocycles. The molecule has 0 amide bonds. The van der Waals surface area contributed by atoms with Crippen molar-refractivity contribution in [2.45, 2.75) is 58.0 Å². The van der Waals surface area contributed by atoms with Gasteiger partial charge in [-0.1, -0.05) is 6.92 Å². The van der Waals surface area contributed by atoms with Gasteiger partial charge in [0.25, 0.3) is 0 Å². The van der Waals surface area contributed by atoms with Crippen LogP contribution in [-0.4, -0.2) is 49.8 Å². The summed E-state index contributed by atoms with van der Waals surface area (Å²) in [6.45, 7) is 10.4. The van der Waals surface area contributed by atoms with Crippen molar-refractivity contribution in [1.29, 1.82) is 0 Å². The summed E-state index contributed by atoms with van der Waals surface area (Å²) in [5, 5.41) is 3.84. The van der Waals surface area contributed by atoms with Gasteiger partial charge in [-0.2, -0.15) is 0 Å². The van der Waals surface area contributed by atoms with Crippen molar-refractivity contribution in [2.24, 2.45) is 5.92 Å². The lowest BCUT2D eigenvalue weighted by Gasteiger charge is -2.38. The number of hydrogen-bond donors (Lipinski definition) is 1. The van der Waals surface area contributed by atoms with E-state index in [9.17, 15) is 0 Å². The lowest BCUT2D eigenvalue weighted by Crippen LogP contribution is -2.48. The summed E-state index contributed by atoms with van der Waals surface area (Å²) in [6, 6.07) is 1.35. The largest absolute Gasteiger partial charge is 0.381 e. The Kier molecular flexibility index (Phi) is 5.93. The average molecular weight is 254 g/mol. The van der Waals surface area contributed by atoms with Gasteiger partial charge in [0.1, 0.15) is 0 Å². The lowest BCUT2D eigenvalue weighted by molar-refractivity contribution is 0.0685. The highest BCUT2D eigenvalue weighted by atomic mass is 16.5. The molecule has 0 spiro atoms. The fourth-order valence-corrected chi connectivity index (χ4v) is 3.39. The Balaban J connectivity index is 1.74. The zero-order valence-electron chi connectivity index (χ0n) is 12.2. The Bertz CT molecular complexity index is 227. The van der Waals surface area contributed by atoms with Gasteiger partial charge in [-0.15, -0.1) is 0 Å². The van der Waals surface area contributed by atoms with Crippen LogP contribution in [-0.2, 0) is 4.74 Å². The van der Waals surface area contributed by atoms with E-state index < -0.39 is 0 Å². The standard InChI is InChI=1S/C15H30N2O/c1-3-8-17-9-4-5-14(12-17)13(2)16-15-6-10-18-11-7-15/h13-16H,3-12H2,1-2H3. The summed E-state index contributed by atoms with van der Waals surface area (Å²) < 4.78 is 5.43. The molecule has 2 heterocycles. The third-order valence-corrected chi connectivity index (χ3v) is 4.51. The van der Waals surface area contributed by atoms with E-state index in [1.165, 1.54) is 51.7 Å². The summed E-state index contributed by atoms with van der Waals surface area (Å²) in [4.78, 5) is 2.65. The summed E-state index contributed by atoms with van der Waals surface area (Å²) in [6.07, 6.45) is 6.45. The summed E-state index contributed by atoms with van der Waals surface area (Å²) in [7, 11) is 0. The molecule has 106 valence electrons. The molecule has 18 heavy (non-hydrogen) atoms. The van der Waals surface area contributed by atoms with Crippen LogP contribution in [0, 0.1) is 5.92 Å². The first-order chi connectivity index (χ1) is 8.79. The molecule has 0 aliphatic carbocycles. The zero-order valence-corrected chi connectivity index (χ0v) is 12.2. The molecule has 3 heteroatoms. The fourth-order valence-electron chi connectivity index (χ4n) is 3.39. The van der Waals surface area contributed by atoms with E-state index in [-0.39, 0.29) is 0 Å². The molecule has 0 aromatic rings. The number of hydrogen-bond acceptors (Lipinski definition) is 3. The first kappa shape index (κ1) is 14.3. The molecule has 0 bridgehead atoms. The van der Waals surface area contributed by atoms with Gasteiger partial charge >= 0.3 is 0 Å². The maximum absolute atomic E-state index is 5.43. The Morgan fingerprint density at radius 3 is 2.78 bits per heavy atom. The maximum Gasteiger partial charge on any atom is 0.0480 e. The summed E-state index contributed by atoms with van der Waals surface area (Å²) in [5.74, 6) is 0.841. The van der Waals surface area contributed by atoms with Crippen molar-refractivity contribution in [3.8, 4) is 0 Å². The molecule has 1 N–H and O–H groups in total. The predicted octanol–water partition coefficient (Wildman–Crippen LogP) is 2.27. The highest BCUT2D eigenvalue weighted by molar-refractivity contribution is 4.83. The second kappa shape index (κ2) is 7.46. The van der Waals surface area contributed by atoms with Gasteiger partial charge in [-0.25, -0.2) is 0 Å². The van der Waals surface area contributed by atoms with Gasteiger partial charge in [0.2, 0.25) is 0 Å². The van der Waals surface area contributed by atoms with Crippen LogP contribution >= 0.6 is 0 Å². The van der Waals surface area contributed by atoms with Crippen molar-refractivity contribution in [3.63, 3.8) is 0 Å². The normalized spacial score (nSPS) is 29.3. The van der Waals surface area contributed by atoms with Crippen LogP contribution < -0.4 is 5.32 Å². The predicted molar refractivity (Wildman–Crippen MR) is 75.9 cm³/mol. The number of piperidine rings is 1. The van der Waals surface area contributed by atoms with E-state index in [4.69, 9.17) is 4.74 Å². The van der Waals surface area contributed by atoms with Crippen LogP contribution in [0.25, 0.3) is 0 Å². The van der Waals surface area contributed by atoms with E-state index >= 15 is 0 Å². The SMILES string of the molecule is CCCN1CCCC(C(C)NC2CCOCC2)C1. The van der Waals surface area contributed by atoms with Gasteiger partial charge in [0, 0.05) is 31.8 Å². The molecule has 2 unspecified atom stereocenters. The third-order valence-electron chi connectivity index (χ3n) is 4.51. The van der Waals surface area contributed by atoms with E-state index in [1.807, 2.05) is 0 Å². The van der Waals surface area contributed by atoms with Crippen molar-refractivity contribution in [2.75, 3.05) is 32.8 Å². The fraction of sp³-hybridized carbons (Fsp3) is 1.00. The molecule has 2 fully saturated rings. The Morgan fingerprint density at radius 2 is 2.06 bits per heavy atom. The van der Waals surface area contributed by atoms with Gasteiger partial charge in [-0.05, 0) is 58.0 Å².